The molecule has 0 radical (unpaired) electrons. The van der Waals surface area contributed by atoms with Crippen molar-refractivity contribution in [3.8, 4) is 0 Å². The molecule has 0 bridgehead atoms. The van der Waals surface area contributed by atoms with Gasteiger partial charge in [-0.3, -0.25) is 0 Å². The summed E-state index contributed by atoms with van der Waals surface area (Å²) in [5.41, 5.74) is 0. The highest BCUT2D eigenvalue weighted by Gasteiger charge is 2.58. The topological polar surface area (TPSA) is 269 Å². The standard InChI is InChI=1S/C18H32O16/c19-1-5-8(22)11(25)13(27)16(31-5)30-3-7-9(23)12(26)14(28)17(32-7)34-18(4-21)15(29)10(24)6(2-20)33-18/h5-17,19-29H,1-4H2/t5-,6+,7-,8+,9+,10-,11+,12+,13+,14+,15-,16-,17+,18+/m1/s1. The van der Waals surface area contributed by atoms with Crippen molar-refractivity contribution in [2.24, 2.45) is 0 Å². The lowest BCUT2D eigenvalue weighted by Crippen LogP contribution is -2.63. The Morgan fingerprint density at radius 3 is 1.65 bits per heavy atom. The number of aliphatic hydroxyl groups is 11. The van der Waals surface area contributed by atoms with Gasteiger partial charge in [0.1, 0.15) is 73.8 Å². The Bertz CT molecular complexity index is 653. The maximum Gasteiger partial charge on any atom is 0.224 e. The highest BCUT2D eigenvalue weighted by atomic mass is 16.8. The van der Waals surface area contributed by atoms with Gasteiger partial charge in [0.05, 0.1) is 19.8 Å². The molecule has 0 aromatic rings. The van der Waals surface area contributed by atoms with Gasteiger partial charge in [0.15, 0.2) is 12.6 Å². The van der Waals surface area contributed by atoms with Crippen LogP contribution in [0.25, 0.3) is 0 Å². The van der Waals surface area contributed by atoms with Crippen LogP contribution in [0.5, 0.6) is 0 Å². The van der Waals surface area contributed by atoms with E-state index in [0.717, 1.165) is 0 Å². The minimum Gasteiger partial charge on any atom is -0.394 e. The van der Waals surface area contributed by atoms with Crippen LogP contribution in [0.2, 0.25) is 0 Å². The van der Waals surface area contributed by atoms with Crippen molar-refractivity contribution < 1.29 is 79.9 Å². The molecule has 16 heteroatoms. The monoisotopic (exact) mass is 504 g/mol. The Morgan fingerprint density at radius 2 is 1.12 bits per heavy atom. The summed E-state index contributed by atoms with van der Waals surface area (Å²) in [5, 5.41) is 109. The molecular formula is C18H32O16. The lowest BCUT2D eigenvalue weighted by molar-refractivity contribution is -0.388. The molecule has 0 spiro atoms. The van der Waals surface area contributed by atoms with Crippen molar-refractivity contribution in [2.75, 3.05) is 26.4 Å². The van der Waals surface area contributed by atoms with Gasteiger partial charge in [-0.1, -0.05) is 0 Å². The van der Waals surface area contributed by atoms with Gasteiger partial charge in [-0.2, -0.15) is 0 Å². The van der Waals surface area contributed by atoms with Crippen LogP contribution in [-0.2, 0) is 23.7 Å². The molecule has 3 fully saturated rings. The first-order valence-electron chi connectivity index (χ1n) is 10.6. The van der Waals surface area contributed by atoms with Crippen LogP contribution in [0.1, 0.15) is 0 Å². The number of ether oxygens (including phenoxy) is 5. The molecule has 3 aliphatic heterocycles. The molecule has 0 aromatic heterocycles. The molecule has 11 N–H and O–H groups in total. The van der Waals surface area contributed by atoms with Gasteiger partial charge in [-0.15, -0.1) is 0 Å². The van der Waals surface area contributed by atoms with Crippen LogP contribution in [0, 0.1) is 0 Å². The summed E-state index contributed by atoms with van der Waals surface area (Å²) >= 11 is 0. The zero-order valence-electron chi connectivity index (χ0n) is 17.8. The van der Waals surface area contributed by atoms with Crippen molar-refractivity contribution >= 4 is 0 Å². The van der Waals surface area contributed by atoms with Crippen molar-refractivity contribution in [1.82, 2.24) is 0 Å². The zero-order chi connectivity index (χ0) is 25.4. The van der Waals surface area contributed by atoms with Gasteiger partial charge < -0.3 is 79.9 Å². The SMILES string of the molecule is OC[C@@H]1O[C@@](CO)(O[C@@H]2O[C@H](CO[C@@H]3O[C@H](CO)[C@H](O)[C@H](O)[C@@H]3O)[C@H](O)[C@H](O)[C@@H]2O)[C@H](O)[C@@H]1O. The Balaban J connectivity index is 1.69. The molecule has 3 aliphatic rings. The molecule has 0 saturated carbocycles. The number of rotatable bonds is 8. The van der Waals surface area contributed by atoms with Crippen LogP contribution < -0.4 is 0 Å². The lowest BCUT2D eigenvalue weighted by atomic mass is 9.98. The van der Waals surface area contributed by atoms with Gasteiger partial charge in [0.25, 0.3) is 0 Å². The third-order valence-electron chi connectivity index (χ3n) is 6.16. The predicted octanol–water partition coefficient (Wildman–Crippen LogP) is -7.57. The Kier molecular flexibility index (Phi) is 9.18. The fraction of sp³-hybridized carbons (Fsp3) is 1.00. The normalized spacial score (nSPS) is 52.1. The van der Waals surface area contributed by atoms with Crippen LogP contribution in [-0.4, -0.2) is 168 Å². The quantitative estimate of drug-likeness (QED) is 0.146. The van der Waals surface area contributed by atoms with Crippen molar-refractivity contribution in [1.29, 1.82) is 0 Å². The third kappa shape index (κ3) is 5.09. The van der Waals surface area contributed by atoms with E-state index in [1.165, 1.54) is 0 Å². The molecule has 0 unspecified atom stereocenters. The second-order valence-corrected chi connectivity index (χ2v) is 8.41. The first-order valence-corrected chi connectivity index (χ1v) is 10.6. The van der Waals surface area contributed by atoms with Gasteiger partial charge in [-0.25, -0.2) is 0 Å². The number of hydrogen-bond donors (Lipinski definition) is 11. The zero-order valence-corrected chi connectivity index (χ0v) is 17.8. The average molecular weight is 504 g/mol. The second-order valence-electron chi connectivity index (χ2n) is 8.41. The van der Waals surface area contributed by atoms with Gasteiger partial charge in [0.2, 0.25) is 5.79 Å². The van der Waals surface area contributed by atoms with Gasteiger partial charge in [-0.05, 0) is 0 Å². The Labute approximate surface area is 192 Å². The lowest BCUT2D eigenvalue weighted by Gasteiger charge is -2.44. The molecule has 3 saturated heterocycles. The first kappa shape index (κ1) is 27.9. The van der Waals surface area contributed by atoms with Crippen LogP contribution in [0.3, 0.4) is 0 Å². The smallest absolute Gasteiger partial charge is 0.224 e. The minimum atomic E-state index is -2.36. The van der Waals surface area contributed by atoms with Crippen molar-refractivity contribution in [3.05, 3.63) is 0 Å². The molecule has 200 valence electrons. The van der Waals surface area contributed by atoms with E-state index in [-0.39, 0.29) is 0 Å². The predicted molar refractivity (Wildman–Crippen MR) is 101 cm³/mol. The Hall–Kier alpha value is -0.640. The highest BCUT2D eigenvalue weighted by molar-refractivity contribution is 4.98. The van der Waals surface area contributed by atoms with E-state index in [1.54, 1.807) is 0 Å². The molecule has 0 aromatic carbocycles. The largest absolute Gasteiger partial charge is 0.394 e. The van der Waals surface area contributed by atoms with E-state index in [1.807, 2.05) is 0 Å². The summed E-state index contributed by atoms with van der Waals surface area (Å²) in [6, 6.07) is 0. The molecule has 3 heterocycles. The molecular weight excluding hydrogens is 472 g/mol. The fourth-order valence-electron chi connectivity index (χ4n) is 4.01. The van der Waals surface area contributed by atoms with Gasteiger partial charge in [0, 0.05) is 0 Å². The van der Waals surface area contributed by atoms with Crippen LogP contribution in [0.15, 0.2) is 0 Å². The molecule has 3 rings (SSSR count). The van der Waals surface area contributed by atoms with Gasteiger partial charge >= 0.3 is 0 Å². The molecule has 14 atom stereocenters. The van der Waals surface area contributed by atoms with E-state index in [2.05, 4.69) is 0 Å². The minimum absolute atomic E-state index is 0.634. The van der Waals surface area contributed by atoms with Crippen LogP contribution in [0.4, 0.5) is 0 Å². The first-order chi connectivity index (χ1) is 16.0. The highest BCUT2D eigenvalue weighted by Crippen LogP contribution is 2.36. The fourth-order valence-corrected chi connectivity index (χ4v) is 4.01. The molecule has 0 amide bonds. The average Bonchev–Trinajstić information content (AvgIpc) is 3.08. The van der Waals surface area contributed by atoms with Crippen molar-refractivity contribution in [2.45, 2.75) is 85.5 Å². The van der Waals surface area contributed by atoms with E-state index in [9.17, 15) is 56.2 Å². The van der Waals surface area contributed by atoms with Crippen molar-refractivity contribution in [3.63, 3.8) is 0 Å². The number of aliphatic hydroxyl groups excluding tert-OH is 11. The summed E-state index contributed by atoms with van der Waals surface area (Å²) in [6.07, 6.45) is -21.8. The summed E-state index contributed by atoms with van der Waals surface area (Å²) in [4.78, 5) is 0. The molecule has 34 heavy (non-hydrogen) atoms. The van der Waals surface area contributed by atoms with E-state index in [4.69, 9.17) is 23.7 Å². The summed E-state index contributed by atoms with van der Waals surface area (Å²) in [6.45, 7) is -3.14. The maximum atomic E-state index is 10.3. The third-order valence-corrected chi connectivity index (χ3v) is 6.16. The second kappa shape index (κ2) is 11.2. The molecule has 0 aliphatic carbocycles. The Morgan fingerprint density at radius 1 is 0.588 bits per heavy atom. The maximum absolute atomic E-state index is 10.3. The van der Waals surface area contributed by atoms with E-state index in [0.29, 0.717) is 0 Å². The summed E-state index contributed by atoms with van der Waals surface area (Å²) < 4.78 is 26.4. The van der Waals surface area contributed by atoms with Crippen LogP contribution >= 0.6 is 0 Å². The summed E-state index contributed by atoms with van der Waals surface area (Å²) in [7, 11) is 0. The molecule has 16 nitrogen and oxygen atoms in total. The number of hydrogen-bond acceptors (Lipinski definition) is 16. The van der Waals surface area contributed by atoms with E-state index < -0.39 is 112 Å². The van der Waals surface area contributed by atoms with E-state index >= 15 is 0 Å². The summed E-state index contributed by atoms with van der Waals surface area (Å²) in [5.74, 6) is -2.36.